The van der Waals surface area contributed by atoms with Gasteiger partial charge in [0.2, 0.25) is 11.8 Å². The van der Waals surface area contributed by atoms with Gasteiger partial charge in [-0.3, -0.25) is 19.4 Å². The van der Waals surface area contributed by atoms with Crippen molar-refractivity contribution in [3.8, 4) is 0 Å². The number of hydrogen-bond acceptors (Lipinski definition) is 5. The monoisotopic (exact) mass is 414 g/mol. The lowest BCUT2D eigenvalue weighted by atomic mass is 10.1. The minimum atomic E-state index is -0.0986. The zero-order valence-corrected chi connectivity index (χ0v) is 18.3. The highest BCUT2D eigenvalue weighted by molar-refractivity contribution is 7.09. The molecule has 6 nitrogen and oxygen atoms in total. The summed E-state index contributed by atoms with van der Waals surface area (Å²) in [6.07, 6.45) is 0. The first-order chi connectivity index (χ1) is 13.9. The number of nitrogens with one attached hydrogen (secondary N) is 1. The second-order valence-electron chi connectivity index (χ2n) is 7.72. The highest BCUT2D eigenvalue weighted by atomic mass is 32.1. The number of carbonyl (C=O) groups excluding carboxylic acids is 2. The van der Waals surface area contributed by atoms with Crippen LogP contribution in [0.2, 0.25) is 0 Å². The van der Waals surface area contributed by atoms with Crippen LogP contribution in [0.5, 0.6) is 0 Å². The van der Waals surface area contributed by atoms with E-state index >= 15 is 0 Å². The maximum atomic E-state index is 12.6. The van der Waals surface area contributed by atoms with Gasteiger partial charge in [0.15, 0.2) is 0 Å². The van der Waals surface area contributed by atoms with Crippen molar-refractivity contribution in [1.82, 2.24) is 14.7 Å². The number of hydrogen-bond donors (Lipinski definition) is 1. The third kappa shape index (κ3) is 6.13. The molecule has 156 valence electrons. The number of rotatable bonds is 7. The maximum Gasteiger partial charge on any atom is 0.238 e. The van der Waals surface area contributed by atoms with Gasteiger partial charge in [-0.15, -0.1) is 11.3 Å². The van der Waals surface area contributed by atoms with Gasteiger partial charge in [0.1, 0.15) is 0 Å². The smallest absolute Gasteiger partial charge is 0.238 e. The lowest BCUT2D eigenvalue weighted by molar-refractivity contribution is -0.134. The average Bonchev–Trinajstić information content (AvgIpc) is 3.18. The zero-order chi connectivity index (χ0) is 20.8. The summed E-state index contributed by atoms with van der Waals surface area (Å²) in [6.45, 7) is 8.63. The van der Waals surface area contributed by atoms with E-state index in [1.807, 2.05) is 44.0 Å². The molecule has 29 heavy (non-hydrogen) atoms. The van der Waals surface area contributed by atoms with Crippen LogP contribution in [-0.2, 0) is 16.1 Å². The molecule has 1 aliphatic heterocycles. The zero-order valence-electron chi connectivity index (χ0n) is 17.5. The van der Waals surface area contributed by atoms with Crippen molar-refractivity contribution in [1.29, 1.82) is 0 Å². The molecule has 2 heterocycles. The van der Waals surface area contributed by atoms with Crippen LogP contribution in [0.1, 0.15) is 16.0 Å². The minimum absolute atomic E-state index is 0.0862. The van der Waals surface area contributed by atoms with Crippen molar-refractivity contribution in [2.45, 2.75) is 20.4 Å². The van der Waals surface area contributed by atoms with Crippen LogP contribution >= 0.6 is 11.3 Å². The van der Waals surface area contributed by atoms with E-state index < -0.39 is 0 Å². The van der Waals surface area contributed by atoms with Crippen LogP contribution in [0, 0.1) is 13.8 Å². The third-order valence-corrected chi connectivity index (χ3v) is 6.11. The average molecular weight is 415 g/mol. The van der Waals surface area contributed by atoms with Crippen LogP contribution in [0.4, 0.5) is 5.69 Å². The van der Waals surface area contributed by atoms with E-state index in [9.17, 15) is 9.59 Å². The van der Waals surface area contributed by atoms with Gasteiger partial charge in [-0.2, -0.15) is 0 Å². The first-order valence-corrected chi connectivity index (χ1v) is 10.9. The molecule has 0 spiro atoms. The standard InChI is InChI=1S/C22H30N4O2S/c1-17-6-4-7-18(2)22(17)23-20(27)15-24(3)16-21(28)26-11-9-25(10-12-26)14-19-8-5-13-29-19/h4-8,13H,9-12,14-16H2,1-3H3,(H,23,27). The number of carbonyl (C=O) groups is 2. The molecule has 0 atom stereocenters. The molecule has 0 radical (unpaired) electrons. The lowest BCUT2D eigenvalue weighted by Gasteiger charge is -2.35. The predicted octanol–water partition coefficient (Wildman–Crippen LogP) is 2.58. The van der Waals surface area contributed by atoms with Gasteiger partial charge >= 0.3 is 0 Å². The summed E-state index contributed by atoms with van der Waals surface area (Å²) in [4.78, 5) is 32.4. The predicted molar refractivity (Wildman–Crippen MR) is 118 cm³/mol. The van der Waals surface area contributed by atoms with Crippen molar-refractivity contribution >= 4 is 28.8 Å². The van der Waals surface area contributed by atoms with Crippen molar-refractivity contribution in [3.63, 3.8) is 0 Å². The number of likely N-dealkylation sites (N-methyl/N-ethyl adjacent to an activating group) is 1. The maximum absolute atomic E-state index is 12.6. The third-order valence-electron chi connectivity index (χ3n) is 5.25. The molecule has 1 aliphatic rings. The largest absolute Gasteiger partial charge is 0.339 e. The first kappa shape index (κ1) is 21.5. The summed E-state index contributed by atoms with van der Waals surface area (Å²) in [6, 6.07) is 10.2. The van der Waals surface area contributed by atoms with Crippen molar-refractivity contribution < 1.29 is 9.59 Å². The molecule has 7 heteroatoms. The van der Waals surface area contributed by atoms with Gasteiger partial charge in [0.05, 0.1) is 13.1 Å². The van der Waals surface area contributed by atoms with E-state index in [-0.39, 0.29) is 24.9 Å². The number of nitrogens with zero attached hydrogens (tertiary/aromatic N) is 3. The van der Waals surface area contributed by atoms with E-state index in [0.717, 1.165) is 49.5 Å². The Morgan fingerprint density at radius 1 is 1.03 bits per heavy atom. The molecule has 2 amide bonds. The summed E-state index contributed by atoms with van der Waals surface area (Å²) >= 11 is 1.77. The Labute approximate surface area is 177 Å². The Morgan fingerprint density at radius 2 is 1.72 bits per heavy atom. The molecule has 1 N–H and O–H groups in total. The number of thiophene rings is 1. The van der Waals surface area contributed by atoms with Gasteiger partial charge in [-0.25, -0.2) is 0 Å². The van der Waals surface area contributed by atoms with Gasteiger partial charge in [0.25, 0.3) is 0 Å². The van der Waals surface area contributed by atoms with E-state index in [1.54, 1.807) is 16.2 Å². The Morgan fingerprint density at radius 3 is 2.34 bits per heavy atom. The van der Waals surface area contributed by atoms with E-state index in [4.69, 9.17) is 0 Å². The van der Waals surface area contributed by atoms with E-state index in [0.29, 0.717) is 0 Å². The molecule has 1 saturated heterocycles. The molecule has 0 aliphatic carbocycles. The molecular weight excluding hydrogens is 384 g/mol. The van der Waals surface area contributed by atoms with Crippen LogP contribution < -0.4 is 5.32 Å². The Balaban J connectivity index is 1.41. The number of para-hydroxylation sites is 1. The topological polar surface area (TPSA) is 55.9 Å². The second-order valence-corrected chi connectivity index (χ2v) is 8.76. The molecule has 1 aromatic heterocycles. The van der Waals surface area contributed by atoms with Gasteiger partial charge in [-0.1, -0.05) is 24.3 Å². The molecule has 0 bridgehead atoms. The molecule has 0 unspecified atom stereocenters. The first-order valence-electron chi connectivity index (χ1n) is 9.99. The normalized spacial score (nSPS) is 15.0. The highest BCUT2D eigenvalue weighted by Gasteiger charge is 2.22. The Hall–Kier alpha value is -2.22. The van der Waals surface area contributed by atoms with Crippen LogP contribution in [0.25, 0.3) is 0 Å². The summed E-state index contributed by atoms with van der Waals surface area (Å²) in [5, 5.41) is 5.08. The van der Waals surface area contributed by atoms with E-state index in [2.05, 4.69) is 27.7 Å². The summed E-state index contributed by atoms with van der Waals surface area (Å²) in [7, 11) is 1.81. The molecule has 1 fully saturated rings. The summed E-state index contributed by atoms with van der Waals surface area (Å²) < 4.78 is 0. The molecule has 1 aromatic carbocycles. The molecule has 3 rings (SSSR count). The number of piperazine rings is 1. The number of amides is 2. The fourth-order valence-corrected chi connectivity index (χ4v) is 4.35. The summed E-state index contributed by atoms with van der Waals surface area (Å²) in [5.41, 5.74) is 2.94. The second kappa shape index (κ2) is 10.0. The van der Waals surface area contributed by atoms with Crippen molar-refractivity contribution in [2.24, 2.45) is 0 Å². The number of aryl methyl sites for hydroxylation is 2. The quantitative estimate of drug-likeness (QED) is 0.757. The van der Waals surface area contributed by atoms with E-state index in [1.165, 1.54) is 4.88 Å². The molecule has 2 aromatic rings. The molecule has 0 saturated carbocycles. The van der Waals surface area contributed by atoms with Crippen LogP contribution in [-0.4, -0.2) is 72.8 Å². The minimum Gasteiger partial charge on any atom is -0.339 e. The lowest BCUT2D eigenvalue weighted by Crippen LogP contribution is -2.51. The van der Waals surface area contributed by atoms with Crippen molar-refractivity contribution in [2.75, 3.05) is 51.6 Å². The van der Waals surface area contributed by atoms with Crippen LogP contribution in [0.15, 0.2) is 35.7 Å². The Kier molecular flexibility index (Phi) is 7.41. The van der Waals surface area contributed by atoms with Gasteiger partial charge in [-0.05, 0) is 43.5 Å². The number of benzene rings is 1. The number of anilines is 1. The summed E-state index contributed by atoms with van der Waals surface area (Å²) in [5.74, 6) is -0.0124. The highest BCUT2D eigenvalue weighted by Crippen LogP contribution is 2.19. The van der Waals surface area contributed by atoms with Gasteiger partial charge < -0.3 is 10.2 Å². The fraction of sp³-hybridized carbons (Fsp3) is 0.455. The fourth-order valence-electron chi connectivity index (χ4n) is 3.60. The SMILES string of the molecule is Cc1cccc(C)c1NC(=O)CN(C)CC(=O)N1CCN(Cc2cccs2)CC1. The van der Waals surface area contributed by atoms with Gasteiger partial charge in [0, 0.05) is 43.3 Å². The Bertz CT molecular complexity index is 809. The van der Waals surface area contributed by atoms with Crippen LogP contribution in [0.3, 0.4) is 0 Å². The molecular formula is C22H30N4O2S. The van der Waals surface area contributed by atoms with Crippen molar-refractivity contribution in [3.05, 3.63) is 51.7 Å².